The molecule has 0 rings (SSSR count). The Morgan fingerprint density at radius 3 is 1.67 bits per heavy atom. The van der Waals surface area contributed by atoms with Crippen LogP contribution in [0.4, 0.5) is 30.7 Å². The van der Waals surface area contributed by atoms with Crippen molar-refractivity contribution in [2.24, 2.45) is 0 Å². The second-order valence-corrected chi connectivity index (χ2v) is 5.40. The highest BCUT2D eigenvalue weighted by Gasteiger charge is 2.72. The summed E-state index contributed by atoms with van der Waals surface area (Å²) < 4.78 is 95.3. The molecule has 0 aliphatic rings. The van der Waals surface area contributed by atoms with Gasteiger partial charge in [-0.3, -0.25) is 4.57 Å². The Morgan fingerprint density at radius 1 is 0.889 bits per heavy atom. The van der Waals surface area contributed by atoms with Crippen molar-refractivity contribution in [1.29, 1.82) is 0 Å². The van der Waals surface area contributed by atoms with Crippen LogP contribution >= 0.6 is 7.60 Å². The quantitative estimate of drug-likeness (QED) is 0.450. The van der Waals surface area contributed by atoms with Gasteiger partial charge in [0.1, 0.15) is 0 Å². The molecule has 11 heteroatoms. The van der Waals surface area contributed by atoms with Crippen molar-refractivity contribution in [1.82, 2.24) is 0 Å². The highest BCUT2D eigenvalue weighted by molar-refractivity contribution is 7.51. The van der Waals surface area contributed by atoms with E-state index in [4.69, 9.17) is 9.79 Å². The molecule has 0 unspecified atom stereocenters. The van der Waals surface area contributed by atoms with Crippen LogP contribution < -0.4 is 0 Å². The van der Waals surface area contributed by atoms with Crippen LogP contribution in [0.15, 0.2) is 0 Å². The average molecular weight is 306 g/mol. The lowest BCUT2D eigenvalue weighted by atomic mass is 10.0. The van der Waals surface area contributed by atoms with Gasteiger partial charge in [-0.2, -0.15) is 30.7 Å². The van der Waals surface area contributed by atoms with E-state index >= 15 is 0 Å². The van der Waals surface area contributed by atoms with Crippen LogP contribution in [0.1, 0.15) is 19.3 Å². The van der Waals surface area contributed by atoms with Gasteiger partial charge in [-0.05, 0) is 12.8 Å². The van der Waals surface area contributed by atoms with Gasteiger partial charge < -0.3 is 9.79 Å². The van der Waals surface area contributed by atoms with Crippen LogP contribution in [-0.4, -0.2) is 34.0 Å². The van der Waals surface area contributed by atoms with E-state index in [2.05, 4.69) is 0 Å². The molecule has 2 N–H and O–H groups in total. The molecule has 0 saturated heterocycles. The maximum atomic E-state index is 12.7. The predicted molar refractivity (Wildman–Crippen MR) is 46.7 cm³/mol. The lowest BCUT2D eigenvalue weighted by Crippen LogP contribution is -2.51. The summed E-state index contributed by atoms with van der Waals surface area (Å²) in [5, 5.41) is 0. The lowest BCUT2D eigenvalue weighted by Gasteiger charge is -2.28. The zero-order chi connectivity index (χ0) is 14.8. The Kier molecular flexibility index (Phi) is 5.24. The molecule has 0 fully saturated rings. The topological polar surface area (TPSA) is 57.5 Å². The molecule has 3 nitrogen and oxygen atoms in total. The molecule has 0 radical (unpaired) electrons. The molecule has 110 valence electrons. The van der Waals surface area contributed by atoms with Crippen LogP contribution in [0, 0.1) is 0 Å². The Bertz CT molecular complexity index is 321. The van der Waals surface area contributed by atoms with Gasteiger partial charge in [0.05, 0.1) is 0 Å². The van der Waals surface area contributed by atoms with E-state index in [1.165, 1.54) is 0 Å². The molecule has 0 spiro atoms. The first-order valence-corrected chi connectivity index (χ1v) is 6.37. The maximum absolute atomic E-state index is 12.7. The normalized spacial score (nSPS) is 14.9. The number of halogens is 7. The van der Waals surface area contributed by atoms with Crippen LogP contribution in [0.2, 0.25) is 0 Å². The van der Waals surface area contributed by atoms with E-state index in [9.17, 15) is 35.3 Å². The summed E-state index contributed by atoms with van der Waals surface area (Å²) in [6.45, 7) is 0. The van der Waals surface area contributed by atoms with Gasteiger partial charge in [-0.25, -0.2) is 0 Å². The Labute approximate surface area is 97.1 Å². The molecule has 0 aromatic carbocycles. The molecule has 0 heterocycles. The number of rotatable bonds is 6. The highest BCUT2D eigenvalue weighted by Crippen LogP contribution is 2.48. The van der Waals surface area contributed by atoms with E-state index < -0.39 is 51.0 Å². The van der Waals surface area contributed by atoms with Gasteiger partial charge in [-0.1, -0.05) is 0 Å². The molecule has 0 saturated carbocycles. The van der Waals surface area contributed by atoms with Crippen molar-refractivity contribution in [2.75, 3.05) is 6.16 Å². The van der Waals surface area contributed by atoms with Crippen molar-refractivity contribution >= 4 is 7.60 Å². The fraction of sp³-hybridized carbons (Fsp3) is 1.00. The maximum Gasteiger partial charge on any atom is 0.459 e. The molecule has 0 aliphatic carbocycles. The third-order valence-corrected chi connectivity index (χ3v) is 2.90. The van der Waals surface area contributed by atoms with Crippen LogP contribution in [0.25, 0.3) is 0 Å². The standard InChI is InChI=1S/C7H10F7O3P/c8-5(9,6(10,11)7(12,13)14)3-1-2-4-18(15,16)17/h1-4H2,(H2,15,16,17). The molecule has 0 aliphatic heterocycles. The van der Waals surface area contributed by atoms with Crippen LogP contribution in [0.3, 0.4) is 0 Å². The second kappa shape index (κ2) is 5.34. The third kappa shape index (κ3) is 4.74. The minimum Gasteiger partial charge on any atom is -0.324 e. The van der Waals surface area contributed by atoms with Crippen LogP contribution in [0.5, 0.6) is 0 Å². The molecule has 0 amide bonds. The van der Waals surface area contributed by atoms with Crippen molar-refractivity contribution in [3.63, 3.8) is 0 Å². The monoisotopic (exact) mass is 306 g/mol. The van der Waals surface area contributed by atoms with Gasteiger partial charge in [0.2, 0.25) is 0 Å². The molecule has 0 atom stereocenters. The molecular formula is C7H10F7O3P. The summed E-state index contributed by atoms with van der Waals surface area (Å²) in [5.41, 5.74) is 0. The SMILES string of the molecule is O=P(O)(O)CCCCC(F)(F)C(F)(F)C(F)(F)F. The Balaban J connectivity index is 4.45. The van der Waals surface area contributed by atoms with E-state index in [1.807, 2.05) is 0 Å². The summed E-state index contributed by atoms with van der Waals surface area (Å²) in [5.74, 6) is -11.5. The van der Waals surface area contributed by atoms with Crippen molar-refractivity contribution in [2.45, 2.75) is 37.3 Å². The molecule has 0 bridgehead atoms. The van der Waals surface area contributed by atoms with E-state index in [-0.39, 0.29) is 0 Å². The average Bonchev–Trinajstić information content (AvgIpc) is 2.09. The third-order valence-electron chi connectivity index (χ3n) is 2.01. The summed E-state index contributed by atoms with van der Waals surface area (Å²) in [4.78, 5) is 16.7. The van der Waals surface area contributed by atoms with Gasteiger partial charge in [0.15, 0.2) is 0 Å². The summed E-state index contributed by atoms with van der Waals surface area (Å²) in [7, 11) is -4.48. The number of unbranched alkanes of at least 4 members (excludes halogenated alkanes) is 1. The first-order valence-electron chi connectivity index (χ1n) is 4.58. The molecular weight excluding hydrogens is 296 g/mol. The summed E-state index contributed by atoms with van der Waals surface area (Å²) >= 11 is 0. The van der Waals surface area contributed by atoms with E-state index in [0.29, 0.717) is 0 Å². The number of hydrogen-bond donors (Lipinski definition) is 2. The molecule has 0 aromatic heterocycles. The van der Waals surface area contributed by atoms with Crippen molar-refractivity contribution in [3.05, 3.63) is 0 Å². The first-order chi connectivity index (χ1) is 7.71. The summed E-state index contributed by atoms with van der Waals surface area (Å²) in [6, 6.07) is 0. The smallest absolute Gasteiger partial charge is 0.324 e. The van der Waals surface area contributed by atoms with Crippen LogP contribution in [-0.2, 0) is 4.57 Å². The van der Waals surface area contributed by atoms with Crippen molar-refractivity contribution < 1.29 is 45.1 Å². The Morgan fingerprint density at radius 2 is 1.33 bits per heavy atom. The second-order valence-electron chi connectivity index (χ2n) is 3.62. The van der Waals surface area contributed by atoms with Gasteiger partial charge in [0, 0.05) is 12.6 Å². The van der Waals surface area contributed by atoms with E-state index in [0.717, 1.165) is 0 Å². The highest BCUT2D eigenvalue weighted by atomic mass is 31.2. The van der Waals surface area contributed by atoms with Gasteiger partial charge >= 0.3 is 25.6 Å². The largest absolute Gasteiger partial charge is 0.459 e. The first kappa shape index (κ1) is 17.7. The minimum absolute atomic E-state index is 0.576. The Hall–Kier alpha value is -0.340. The van der Waals surface area contributed by atoms with Crippen molar-refractivity contribution in [3.8, 4) is 0 Å². The summed E-state index contributed by atoms with van der Waals surface area (Å²) in [6.07, 6.45) is -10.5. The van der Waals surface area contributed by atoms with Gasteiger partial charge in [0.25, 0.3) is 0 Å². The fourth-order valence-electron chi connectivity index (χ4n) is 1.03. The fourth-order valence-corrected chi connectivity index (χ4v) is 1.66. The lowest BCUT2D eigenvalue weighted by molar-refractivity contribution is -0.355. The molecule has 0 aromatic rings. The van der Waals surface area contributed by atoms with E-state index in [1.54, 1.807) is 0 Å². The predicted octanol–water partition coefficient (Wildman–Crippen LogP) is 3.17. The zero-order valence-corrected chi connectivity index (χ0v) is 9.62. The zero-order valence-electron chi connectivity index (χ0n) is 8.72. The van der Waals surface area contributed by atoms with Gasteiger partial charge in [-0.15, -0.1) is 0 Å². The number of hydrogen-bond acceptors (Lipinski definition) is 1. The molecule has 18 heavy (non-hydrogen) atoms. The number of alkyl halides is 7. The minimum atomic E-state index is -6.38.